The topological polar surface area (TPSA) is 91.3 Å². The molecule has 4 unspecified atom stereocenters. The van der Waals surface area contributed by atoms with Gasteiger partial charge >= 0.3 is 6.09 Å². The number of benzene rings is 2. The molecule has 0 saturated carbocycles. The number of aliphatic hydroxyl groups excluding tert-OH is 2. The van der Waals surface area contributed by atoms with E-state index in [2.05, 4.69) is 23.5 Å². The number of nitrogens with zero attached hydrogens (tertiary/aromatic N) is 1. The van der Waals surface area contributed by atoms with E-state index in [0.29, 0.717) is 38.5 Å². The molecule has 2 aromatic rings. The lowest BCUT2D eigenvalue weighted by Crippen LogP contribution is -2.49. The lowest BCUT2D eigenvalue weighted by molar-refractivity contribution is 0.0649. The van der Waals surface area contributed by atoms with Gasteiger partial charge in [-0.3, -0.25) is 0 Å². The summed E-state index contributed by atoms with van der Waals surface area (Å²) in [6, 6.07) is 17.1. The third kappa shape index (κ3) is 9.46. The fourth-order valence-electron chi connectivity index (χ4n) is 3.86. The van der Waals surface area contributed by atoms with Crippen LogP contribution < -0.4 is 5.32 Å². The molecule has 0 spiro atoms. The predicted molar refractivity (Wildman–Crippen MR) is 138 cm³/mol. The summed E-state index contributed by atoms with van der Waals surface area (Å²) < 4.78 is 13.0. The highest BCUT2D eigenvalue weighted by Gasteiger charge is 2.27. The van der Waals surface area contributed by atoms with Crippen molar-refractivity contribution >= 4 is 18.0 Å². The van der Waals surface area contributed by atoms with Crippen LogP contribution in [0.25, 0.3) is 0 Å². The highest BCUT2D eigenvalue weighted by Crippen LogP contribution is 2.26. The summed E-state index contributed by atoms with van der Waals surface area (Å²) in [6.45, 7) is 6.53. The highest BCUT2D eigenvalue weighted by molar-refractivity contribution is 7.97. The van der Waals surface area contributed by atoms with E-state index in [4.69, 9.17) is 9.47 Å². The molecule has 1 heterocycles. The van der Waals surface area contributed by atoms with Crippen molar-refractivity contribution in [1.29, 1.82) is 0 Å². The molecule has 4 atom stereocenters. The molecule has 3 rings (SSSR count). The average molecular weight is 503 g/mol. The van der Waals surface area contributed by atoms with Crippen LogP contribution in [0.15, 0.2) is 59.5 Å². The van der Waals surface area contributed by atoms with Crippen LogP contribution in [0.4, 0.5) is 4.79 Å². The zero-order valence-corrected chi connectivity index (χ0v) is 21.5. The van der Waals surface area contributed by atoms with Gasteiger partial charge in [0, 0.05) is 24.4 Å². The van der Waals surface area contributed by atoms with E-state index in [0.717, 1.165) is 29.0 Å². The summed E-state index contributed by atoms with van der Waals surface area (Å²) in [6.07, 6.45) is 0.623. The number of nitrogens with one attached hydrogen (secondary N) is 1. The Hall–Kier alpha value is -2.10. The summed E-state index contributed by atoms with van der Waals surface area (Å²) in [5, 5.41) is 23.5. The van der Waals surface area contributed by atoms with Gasteiger partial charge in [-0.15, -0.1) is 0 Å². The number of alkyl carbamates (subject to hydrolysis) is 1. The molecule has 1 amide bonds. The molecule has 1 fully saturated rings. The Morgan fingerprint density at radius 1 is 1.17 bits per heavy atom. The van der Waals surface area contributed by atoms with E-state index in [1.807, 2.05) is 54.6 Å². The Bertz CT molecular complexity index is 877. The van der Waals surface area contributed by atoms with E-state index in [-0.39, 0.29) is 12.7 Å². The molecule has 192 valence electrons. The van der Waals surface area contributed by atoms with Crippen LogP contribution in [0.5, 0.6) is 0 Å². The van der Waals surface area contributed by atoms with Crippen LogP contribution in [0, 0.1) is 5.92 Å². The van der Waals surface area contributed by atoms with Crippen molar-refractivity contribution in [1.82, 2.24) is 9.62 Å². The molecule has 3 N–H and O–H groups in total. The van der Waals surface area contributed by atoms with Crippen LogP contribution in [-0.2, 0) is 22.5 Å². The van der Waals surface area contributed by atoms with Gasteiger partial charge in [-0.05, 0) is 47.5 Å². The number of aliphatic hydroxyl groups is 2. The molecular weight excluding hydrogens is 464 g/mol. The normalized spacial score (nSPS) is 18.3. The summed E-state index contributed by atoms with van der Waals surface area (Å²) in [4.78, 5) is 13.7. The largest absolute Gasteiger partial charge is 0.444 e. The Balaban J connectivity index is 1.70. The average Bonchev–Trinajstić information content (AvgIpc) is 3.37. The second-order valence-electron chi connectivity index (χ2n) is 9.15. The summed E-state index contributed by atoms with van der Waals surface area (Å²) >= 11 is 1.58. The van der Waals surface area contributed by atoms with E-state index < -0.39 is 18.2 Å². The molecule has 0 aliphatic carbocycles. The maximum atomic E-state index is 12.6. The van der Waals surface area contributed by atoms with Crippen LogP contribution in [0.2, 0.25) is 0 Å². The van der Waals surface area contributed by atoms with Gasteiger partial charge in [-0.1, -0.05) is 62.7 Å². The van der Waals surface area contributed by atoms with Gasteiger partial charge in [-0.25, -0.2) is 9.10 Å². The van der Waals surface area contributed by atoms with Crippen molar-refractivity contribution in [3.05, 3.63) is 65.7 Å². The smallest absolute Gasteiger partial charge is 0.407 e. The standard InChI is InChI=1S/C27H38N2O5S/c1-3-20(2)16-29(35-24-11-9-22(18-30)10-12-24)17-26(31)25(15-21-7-5-4-6-8-21)28-27(32)34-23-13-14-33-19-23/h4-12,20,23,25-26,30-31H,3,13-19H2,1-2H3,(H,28,32). The molecule has 2 aromatic carbocycles. The van der Waals surface area contributed by atoms with Crippen molar-refractivity contribution in [3.63, 3.8) is 0 Å². The highest BCUT2D eigenvalue weighted by atomic mass is 32.2. The van der Waals surface area contributed by atoms with Crippen molar-refractivity contribution in [2.24, 2.45) is 5.92 Å². The minimum atomic E-state index is -0.809. The predicted octanol–water partition coefficient (Wildman–Crippen LogP) is 4.02. The quantitative estimate of drug-likeness (QED) is 0.356. The first-order valence-corrected chi connectivity index (χ1v) is 13.1. The lowest BCUT2D eigenvalue weighted by Gasteiger charge is -2.31. The number of ether oxygens (including phenoxy) is 2. The maximum absolute atomic E-state index is 12.6. The Kier molecular flexibility index (Phi) is 11.4. The van der Waals surface area contributed by atoms with Crippen LogP contribution >= 0.6 is 11.9 Å². The third-order valence-electron chi connectivity index (χ3n) is 6.17. The van der Waals surface area contributed by atoms with E-state index in [9.17, 15) is 15.0 Å². The van der Waals surface area contributed by atoms with Gasteiger partial charge in [0.15, 0.2) is 0 Å². The molecule has 8 heteroatoms. The Labute approximate surface area is 213 Å². The van der Waals surface area contributed by atoms with Crippen molar-refractivity contribution < 1.29 is 24.5 Å². The molecule has 1 saturated heterocycles. The first-order valence-electron chi connectivity index (χ1n) is 12.4. The summed E-state index contributed by atoms with van der Waals surface area (Å²) in [5.41, 5.74) is 1.89. The molecule has 1 aliphatic heterocycles. The second kappa shape index (κ2) is 14.5. The number of hydrogen-bond acceptors (Lipinski definition) is 7. The van der Waals surface area contributed by atoms with Gasteiger partial charge in [-0.2, -0.15) is 0 Å². The molecule has 0 aromatic heterocycles. The van der Waals surface area contributed by atoms with Crippen molar-refractivity contribution in [2.75, 3.05) is 26.3 Å². The van der Waals surface area contributed by atoms with Gasteiger partial charge in [0.2, 0.25) is 0 Å². The molecule has 1 aliphatic rings. The Morgan fingerprint density at radius 3 is 2.54 bits per heavy atom. The van der Waals surface area contributed by atoms with Crippen molar-refractivity contribution in [2.45, 2.75) is 62.9 Å². The van der Waals surface area contributed by atoms with Gasteiger partial charge in [0.25, 0.3) is 0 Å². The zero-order valence-electron chi connectivity index (χ0n) is 20.6. The number of hydrogen-bond donors (Lipinski definition) is 3. The van der Waals surface area contributed by atoms with E-state index in [1.54, 1.807) is 11.9 Å². The zero-order chi connectivity index (χ0) is 25.0. The SMILES string of the molecule is CCC(C)CN(CC(O)C(Cc1ccccc1)NC(=O)OC1CCOC1)Sc1ccc(CO)cc1. The molecule has 0 radical (unpaired) electrons. The minimum absolute atomic E-state index is 0.0101. The number of amides is 1. The molecule has 35 heavy (non-hydrogen) atoms. The van der Waals surface area contributed by atoms with E-state index in [1.165, 1.54) is 0 Å². The minimum Gasteiger partial charge on any atom is -0.444 e. The van der Waals surface area contributed by atoms with Gasteiger partial charge < -0.3 is 25.0 Å². The third-order valence-corrected chi connectivity index (χ3v) is 7.21. The van der Waals surface area contributed by atoms with E-state index >= 15 is 0 Å². The van der Waals surface area contributed by atoms with Crippen molar-refractivity contribution in [3.8, 4) is 0 Å². The molecular formula is C27H38N2O5S. The number of carbonyl (C=O) groups is 1. The second-order valence-corrected chi connectivity index (χ2v) is 10.3. The fraction of sp³-hybridized carbons (Fsp3) is 0.519. The van der Waals surface area contributed by atoms with Crippen LogP contribution in [0.1, 0.15) is 37.8 Å². The van der Waals surface area contributed by atoms with Gasteiger partial charge in [0.1, 0.15) is 6.10 Å². The first-order chi connectivity index (χ1) is 17.0. The maximum Gasteiger partial charge on any atom is 0.407 e. The monoisotopic (exact) mass is 502 g/mol. The van der Waals surface area contributed by atoms with Crippen LogP contribution in [0.3, 0.4) is 0 Å². The van der Waals surface area contributed by atoms with Crippen LogP contribution in [-0.4, -0.2) is 65.2 Å². The first kappa shape index (κ1) is 27.5. The molecule has 0 bridgehead atoms. The summed E-state index contributed by atoms with van der Waals surface area (Å²) in [7, 11) is 0. The fourth-order valence-corrected chi connectivity index (χ4v) is 4.97. The summed E-state index contributed by atoms with van der Waals surface area (Å²) in [5.74, 6) is 0.444. The molecule has 7 nitrogen and oxygen atoms in total. The lowest BCUT2D eigenvalue weighted by atomic mass is 10.0. The van der Waals surface area contributed by atoms with Gasteiger partial charge in [0.05, 0.1) is 32.0 Å². The number of carbonyl (C=O) groups excluding carboxylic acids is 1. The Morgan fingerprint density at radius 2 is 1.91 bits per heavy atom. The number of rotatable bonds is 13.